The van der Waals surface area contributed by atoms with Crippen LogP contribution in [-0.4, -0.2) is 24.9 Å². The predicted molar refractivity (Wildman–Crippen MR) is 87.2 cm³/mol. The van der Waals surface area contributed by atoms with Crippen LogP contribution in [0.3, 0.4) is 0 Å². The molecule has 1 aliphatic carbocycles. The summed E-state index contributed by atoms with van der Waals surface area (Å²) >= 11 is 0. The molecular formula is C17H28N2O2. The van der Waals surface area contributed by atoms with Gasteiger partial charge >= 0.3 is 0 Å². The predicted octanol–water partition coefficient (Wildman–Crippen LogP) is 3.00. The summed E-state index contributed by atoms with van der Waals surface area (Å²) in [4.78, 5) is 21.8. The highest BCUT2D eigenvalue weighted by Gasteiger charge is 2.28. The third-order valence-corrected chi connectivity index (χ3v) is 2.67. The minimum Gasteiger partial charge on any atom is -0.356 e. The molecule has 2 N–H and O–H groups in total. The SMILES string of the molecule is CC.CCNC(=O)C1CC1.CCNC(=O)c1ccccc1. The molecule has 21 heavy (non-hydrogen) atoms. The molecule has 0 saturated heterocycles. The first kappa shape index (κ1) is 19.2. The summed E-state index contributed by atoms with van der Waals surface area (Å²) in [6.45, 7) is 9.30. The third kappa shape index (κ3) is 8.84. The Morgan fingerprint density at radius 1 is 1.00 bits per heavy atom. The quantitative estimate of drug-likeness (QED) is 0.896. The van der Waals surface area contributed by atoms with Crippen LogP contribution in [0.1, 0.15) is 50.9 Å². The lowest BCUT2D eigenvalue weighted by atomic mass is 10.2. The molecule has 1 saturated carbocycles. The van der Waals surface area contributed by atoms with E-state index in [1.807, 2.05) is 45.9 Å². The summed E-state index contributed by atoms with van der Waals surface area (Å²) in [6.07, 6.45) is 2.21. The Morgan fingerprint density at radius 2 is 1.52 bits per heavy atom. The van der Waals surface area contributed by atoms with E-state index in [-0.39, 0.29) is 11.8 Å². The van der Waals surface area contributed by atoms with Gasteiger partial charge in [-0.25, -0.2) is 0 Å². The molecule has 1 aromatic carbocycles. The van der Waals surface area contributed by atoms with E-state index in [0.29, 0.717) is 18.0 Å². The summed E-state index contributed by atoms with van der Waals surface area (Å²) < 4.78 is 0. The zero-order valence-corrected chi connectivity index (χ0v) is 13.6. The maximum absolute atomic E-state index is 11.1. The molecule has 1 aliphatic rings. The van der Waals surface area contributed by atoms with Gasteiger partial charge in [0.15, 0.2) is 0 Å². The minimum atomic E-state index is -0.00639. The van der Waals surface area contributed by atoms with Gasteiger partial charge in [-0.2, -0.15) is 0 Å². The van der Waals surface area contributed by atoms with Gasteiger partial charge in [0.05, 0.1) is 0 Å². The molecule has 0 aliphatic heterocycles. The smallest absolute Gasteiger partial charge is 0.251 e. The van der Waals surface area contributed by atoms with Gasteiger partial charge in [-0.05, 0) is 38.8 Å². The van der Waals surface area contributed by atoms with Crippen molar-refractivity contribution in [2.75, 3.05) is 13.1 Å². The lowest BCUT2D eigenvalue weighted by Gasteiger charge is -1.99. The highest BCUT2D eigenvalue weighted by molar-refractivity contribution is 5.94. The van der Waals surface area contributed by atoms with Crippen LogP contribution in [0.15, 0.2) is 30.3 Å². The van der Waals surface area contributed by atoms with Gasteiger partial charge in [-0.15, -0.1) is 0 Å². The van der Waals surface area contributed by atoms with Gasteiger partial charge in [0.1, 0.15) is 0 Å². The Morgan fingerprint density at radius 3 is 1.95 bits per heavy atom. The number of amides is 2. The normalized spacial score (nSPS) is 12.0. The van der Waals surface area contributed by atoms with E-state index in [1.54, 1.807) is 12.1 Å². The van der Waals surface area contributed by atoms with Gasteiger partial charge in [-0.1, -0.05) is 32.0 Å². The number of benzene rings is 1. The molecule has 4 nitrogen and oxygen atoms in total. The molecule has 2 amide bonds. The summed E-state index contributed by atoms with van der Waals surface area (Å²) in [6, 6.07) is 9.19. The molecule has 0 spiro atoms. The lowest BCUT2D eigenvalue weighted by molar-refractivity contribution is -0.122. The van der Waals surface area contributed by atoms with Gasteiger partial charge in [-0.3, -0.25) is 9.59 Å². The average Bonchev–Trinajstić information content (AvgIpc) is 3.36. The van der Waals surface area contributed by atoms with Crippen molar-refractivity contribution in [3.05, 3.63) is 35.9 Å². The van der Waals surface area contributed by atoms with Crippen LogP contribution in [-0.2, 0) is 4.79 Å². The summed E-state index contributed by atoms with van der Waals surface area (Å²) in [5, 5.41) is 5.49. The van der Waals surface area contributed by atoms with Crippen LogP contribution >= 0.6 is 0 Å². The van der Waals surface area contributed by atoms with Crippen LogP contribution in [0.4, 0.5) is 0 Å². The van der Waals surface area contributed by atoms with E-state index in [1.165, 1.54) is 0 Å². The van der Waals surface area contributed by atoms with Crippen molar-refractivity contribution in [3.8, 4) is 0 Å². The Bertz CT molecular complexity index is 401. The number of hydrogen-bond donors (Lipinski definition) is 2. The molecule has 0 radical (unpaired) electrons. The molecule has 1 aromatic rings. The van der Waals surface area contributed by atoms with E-state index < -0.39 is 0 Å². The molecule has 0 atom stereocenters. The molecule has 1 fully saturated rings. The Labute approximate surface area is 128 Å². The van der Waals surface area contributed by atoms with E-state index in [0.717, 1.165) is 19.4 Å². The molecule has 2 rings (SSSR count). The molecule has 118 valence electrons. The highest BCUT2D eigenvalue weighted by atomic mass is 16.2. The second-order valence-corrected chi connectivity index (χ2v) is 4.39. The minimum absolute atomic E-state index is 0.00639. The van der Waals surface area contributed by atoms with Crippen molar-refractivity contribution < 1.29 is 9.59 Å². The van der Waals surface area contributed by atoms with Crippen LogP contribution < -0.4 is 10.6 Å². The second-order valence-electron chi connectivity index (χ2n) is 4.39. The van der Waals surface area contributed by atoms with Crippen molar-refractivity contribution in [3.63, 3.8) is 0 Å². The van der Waals surface area contributed by atoms with Gasteiger partial charge in [0.25, 0.3) is 5.91 Å². The van der Waals surface area contributed by atoms with Crippen LogP contribution in [0.2, 0.25) is 0 Å². The molecule has 0 bridgehead atoms. The fraction of sp³-hybridized carbons (Fsp3) is 0.529. The Hall–Kier alpha value is -1.84. The van der Waals surface area contributed by atoms with Gasteiger partial charge in [0.2, 0.25) is 5.91 Å². The van der Waals surface area contributed by atoms with Crippen molar-refractivity contribution >= 4 is 11.8 Å². The first-order valence-corrected chi connectivity index (χ1v) is 7.80. The van der Waals surface area contributed by atoms with Gasteiger partial charge < -0.3 is 10.6 Å². The first-order chi connectivity index (χ1) is 10.2. The topological polar surface area (TPSA) is 58.2 Å². The Balaban J connectivity index is 0.000000354. The number of nitrogens with one attached hydrogen (secondary N) is 2. The summed E-state index contributed by atoms with van der Waals surface area (Å²) in [7, 11) is 0. The number of hydrogen-bond acceptors (Lipinski definition) is 2. The van der Waals surface area contributed by atoms with Crippen LogP contribution in [0, 0.1) is 5.92 Å². The lowest BCUT2D eigenvalue weighted by Crippen LogP contribution is -2.23. The van der Waals surface area contributed by atoms with E-state index in [4.69, 9.17) is 0 Å². The fourth-order valence-corrected chi connectivity index (χ4v) is 1.52. The number of carbonyl (C=O) groups excluding carboxylic acids is 2. The van der Waals surface area contributed by atoms with Crippen molar-refractivity contribution in [2.24, 2.45) is 5.92 Å². The van der Waals surface area contributed by atoms with E-state index >= 15 is 0 Å². The van der Waals surface area contributed by atoms with Crippen molar-refractivity contribution in [1.29, 1.82) is 0 Å². The van der Waals surface area contributed by atoms with Crippen LogP contribution in [0.25, 0.3) is 0 Å². The van der Waals surface area contributed by atoms with Gasteiger partial charge in [0, 0.05) is 24.6 Å². The monoisotopic (exact) mass is 292 g/mol. The summed E-state index contributed by atoms with van der Waals surface area (Å²) in [5.41, 5.74) is 0.717. The molecule has 0 aromatic heterocycles. The maximum Gasteiger partial charge on any atom is 0.251 e. The number of carbonyl (C=O) groups is 2. The maximum atomic E-state index is 11.1. The average molecular weight is 292 g/mol. The second kappa shape index (κ2) is 11.9. The standard InChI is InChI=1S/C9H11NO.C6H11NO.C2H6/c1-2-10-9(11)8-6-4-3-5-7-8;1-2-7-6(8)5-3-4-5;1-2/h3-7H,2H2,1H3,(H,10,11);5H,2-4H2,1H3,(H,7,8);1-2H3. The molecule has 0 unspecified atom stereocenters. The first-order valence-electron chi connectivity index (χ1n) is 7.80. The zero-order valence-electron chi connectivity index (χ0n) is 13.6. The molecule has 0 heterocycles. The molecule has 4 heteroatoms. The molecular weight excluding hydrogens is 264 g/mol. The largest absolute Gasteiger partial charge is 0.356 e. The zero-order chi connectivity index (χ0) is 16.1. The Kier molecular flexibility index (Phi) is 10.9. The van der Waals surface area contributed by atoms with E-state index in [2.05, 4.69) is 10.6 Å². The highest BCUT2D eigenvalue weighted by Crippen LogP contribution is 2.28. The van der Waals surface area contributed by atoms with E-state index in [9.17, 15) is 9.59 Å². The van der Waals surface area contributed by atoms with Crippen molar-refractivity contribution in [2.45, 2.75) is 40.5 Å². The summed E-state index contributed by atoms with van der Waals surface area (Å²) in [5.74, 6) is 0.607. The fourth-order valence-electron chi connectivity index (χ4n) is 1.52. The van der Waals surface area contributed by atoms with Crippen LogP contribution in [0.5, 0.6) is 0 Å². The number of rotatable bonds is 4. The van der Waals surface area contributed by atoms with Crippen molar-refractivity contribution in [1.82, 2.24) is 10.6 Å². The third-order valence-electron chi connectivity index (χ3n) is 2.67.